The number of ether oxygens (including phenoxy) is 2. The number of benzene rings is 1. The van der Waals surface area contributed by atoms with Crippen LogP contribution in [0.25, 0.3) is 10.9 Å². The van der Waals surface area contributed by atoms with Gasteiger partial charge in [0.05, 0.1) is 35.1 Å². The van der Waals surface area contributed by atoms with Crippen LogP contribution in [-0.4, -0.2) is 77.9 Å². The van der Waals surface area contributed by atoms with Crippen LogP contribution in [-0.2, 0) is 4.74 Å². The topological polar surface area (TPSA) is 148 Å². The zero-order valence-corrected chi connectivity index (χ0v) is 26.5. The number of carboxylic acids is 1. The molecule has 0 bridgehead atoms. The molecule has 13 heteroatoms. The number of hydrogen-bond acceptors (Lipinski definition) is 8. The molecule has 11 nitrogen and oxygen atoms in total. The molecule has 1 aromatic heterocycles. The number of rotatable bonds is 5. The Bertz CT molecular complexity index is 1730. The lowest BCUT2D eigenvalue weighted by Gasteiger charge is -2.29. The molecule has 2 unspecified atom stereocenters. The molecule has 248 valence electrons. The molecule has 1 saturated carbocycles. The van der Waals surface area contributed by atoms with Gasteiger partial charge >= 0.3 is 12.1 Å². The summed E-state index contributed by atoms with van der Waals surface area (Å²) in [5, 5.41) is 15.6. The van der Waals surface area contributed by atoms with Crippen molar-refractivity contribution in [2.24, 2.45) is 5.73 Å². The highest BCUT2D eigenvalue weighted by atomic mass is 19.1. The highest BCUT2D eigenvalue weighted by Crippen LogP contribution is 2.47. The van der Waals surface area contributed by atoms with Crippen molar-refractivity contribution in [1.82, 2.24) is 15.2 Å². The fraction of sp³-hybridized carbons (Fsp3) is 0.545. The van der Waals surface area contributed by atoms with E-state index in [1.807, 2.05) is 20.8 Å². The maximum Gasteiger partial charge on any atom is 0.408 e. The van der Waals surface area contributed by atoms with Gasteiger partial charge in [-0.15, -0.1) is 0 Å². The minimum atomic E-state index is -1.44. The first-order valence-corrected chi connectivity index (χ1v) is 15.6. The lowest BCUT2D eigenvalue weighted by molar-refractivity contribution is 0.0478. The molecule has 5 aliphatic rings. The summed E-state index contributed by atoms with van der Waals surface area (Å²) in [6.07, 6.45) is 7.81. The second-order valence-corrected chi connectivity index (χ2v) is 13.9. The minimum absolute atomic E-state index is 0.0855. The van der Waals surface area contributed by atoms with Gasteiger partial charge in [0.1, 0.15) is 23.0 Å². The third kappa shape index (κ3) is 5.63. The maximum absolute atomic E-state index is 15.3. The van der Waals surface area contributed by atoms with Crippen molar-refractivity contribution in [3.8, 4) is 5.75 Å². The number of anilines is 1. The zero-order chi connectivity index (χ0) is 33.2. The molecule has 1 amide bonds. The van der Waals surface area contributed by atoms with Gasteiger partial charge in [-0.1, -0.05) is 12.2 Å². The van der Waals surface area contributed by atoms with Crippen LogP contribution in [0.4, 0.5) is 19.3 Å². The Morgan fingerprint density at radius 3 is 2.52 bits per heavy atom. The molecule has 3 fully saturated rings. The molecular formula is C33H41F2N5O6. The summed E-state index contributed by atoms with van der Waals surface area (Å²) in [4.78, 5) is 37.8. The van der Waals surface area contributed by atoms with Gasteiger partial charge in [0.15, 0.2) is 11.6 Å². The fourth-order valence-electron chi connectivity index (χ4n) is 7.20. The van der Waals surface area contributed by atoms with Gasteiger partial charge in [-0.25, -0.2) is 18.4 Å². The second kappa shape index (κ2) is 11.4. The molecule has 1 aromatic carbocycles. The number of alkyl carbamates (subject to hydrolysis) is 1. The van der Waals surface area contributed by atoms with Crippen molar-refractivity contribution >= 4 is 28.7 Å². The van der Waals surface area contributed by atoms with Crippen LogP contribution < -0.4 is 31.4 Å². The number of carboxylic acid groups (broad SMARTS) is 1. The minimum Gasteiger partial charge on any atom is -0.492 e. The van der Waals surface area contributed by atoms with Crippen LogP contribution in [0.5, 0.6) is 5.75 Å². The fourth-order valence-corrected chi connectivity index (χ4v) is 7.20. The van der Waals surface area contributed by atoms with Gasteiger partial charge < -0.3 is 40.4 Å². The summed E-state index contributed by atoms with van der Waals surface area (Å²) >= 11 is 0. The van der Waals surface area contributed by atoms with Gasteiger partial charge in [0.2, 0.25) is 5.43 Å². The molecule has 7 rings (SSSR count). The lowest BCUT2D eigenvalue weighted by Crippen LogP contribution is -2.51. The Labute approximate surface area is 265 Å². The van der Waals surface area contributed by atoms with Gasteiger partial charge in [-0.05, 0) is 63.7 Å². The predicted molar refractivity (Wildman–Crippen MR) is 169 cm³/mol. The van der Waals surface area contributed by atoms with E-state index >= 15 is 4.39 Å². The van der Waals surface area contributed by atoms with Gasteiger partial charge in [0, 0.05) is 38.8 Å². The average Bonchev–Trinajstić information content (AvgIpc) is 3.26. The normalized spacial score (nSPS) is 27.8. The van der Waals surface area contributed by atoms with E-state index in [9.17, 15) is 23.9 Å². The molecule has 3 aliphatic carbocycles. The number of fused-ring (bicyclic) bond motifs is 3. The number of pyridine rings is 1. The third-order valence-electron chi connectivity index (χ3n) is 9.50. The van der Waals surface area contributed by atoms with Crippen LogP contribution in [0.15, 0.2) is 40.4 Å². The number of nitrogens with one attached hydrogen (secondary N) is 2. The molecular weight excluding hydrogens is 600 g/mol. The average molecular weight is 642 g/mol. The smallest absolute Gasteiger partial charge is 0.408 e. The summed E-state index contributed by atoms with van der Waals surface area (Å²) in [6.45, 7) is 8.16. The van der Waals surface area contributed by atoms with Crippen molar-refractivity contribution < 1.29 is 33.0 Å². The van der Waals surface area contributed by atoms with Crippen molar-refractivity contribution in [3.05, 3.63) is 57.2 Å². The number of allylic oxidation sites excluding steroid dienone is 2. The maximum atomic E-state index is 15.3. The van der Waals surface area contributed by atoms with Crippen LogP contribution >= 0.6 is 0 Å². The van der Waals surface area contributed by atoms with Gasteiger partial charge in [-0.3, -0.25) is 4.79 Å². The molecule has 2 aromatic rings. The molecule has 5 N–H and O–H groups in total. The van der Waals surface area contributed by atoms with Crippen LogP contribution in [0.2, 0.25) is 0 Å². The highest BCUT2D eigenvalue weighted by molar-refractivity contribution is 5.97. The second-order valence-electron chi connectivity index (χ2n) is 13.9. The first-order chi connectivity index (χ1) is 21.7. The largest absolute Gasteiger partial charge is 0.492 e. The van der Waals surface area contributed by atoms with E-state index in [-0.39, 0.29) is 40.4 Å². The first kappa shape index (κ1) is 32.0. The van der Waals surface area contributed by atoms with E-state index in [1.165, 1.54) is 17.3 Å². The Morgan fingerprint density at radius 1 is 1.20 bits per heavy atom. The summed E-state index contributed by atoms with van der Waals surface area (Å²) < 4.78 is 41.5. The van der Waals surface area contributed by atoms with E-state index in [4.69, 9.17) is 15.2 Å². The Morgan fingerprint density at radius 2 is 1.89 bits per heavy atom. The SMILES string of the molecule is CC(C)(C)OC(=O)NC12CCC=C1CNC2.COc1c(N2CC3=CCCC3(N)C2)c(F)cc2c(=O)c(C(=O)O)cn([C@@H]3C[C@@H]3F)c12. The number of carbonyl (C=O) groups is 2. The first-order valence-electron chi connectivity index (χ1n) is 15.6. The molecule has 0 radical (unpaired) electrons. The van der Waals surface area contributed by atoms with E-state index in [0.29, 0.717) is 13.1 Å². The Hall–Kier alpha value is -3.97. The Balaban J connectivity index is 0.000000196. The number of nitrogens with two attached hydrogens (primary N) is 1. The summed E-state index contributed by atoms with van der Waals surface area (Å²) in [5.74, 6) is -2.07. The van der Waals surface area contributed by atoms with Crippen LogP contribution in [0.3, 0.4) is 0 Å². The molecule has 46 heavy (non-hydrogen) atoms. The molecule has 2 aliphatic heterocycles. The van der Waals surface area contributed by atoms with Crippen molar-refractivity contribution in [2.75, 3.05) is 38.2 Å². The van der Waals surface area contributed by atoms with Gasteiger partial charge in [0.25, 0.3) is 0 Å². The van der Waals surface area contributed by atoms with Gasteiger partial charge in [-0.2, -0.15) is 0 Å². The number of halogens is 2. The quantitative estimate of drug-likeness (QED) is 0.357. The molecule has 0 spiro atoms. The summed E-state index contributed by atoms with van der Waals surface area (Å²) in [5.41, 5.74) is 6.68. The Kier molecular flexibility index (Phi) is 7.91. The number of alkyl halides is 1. The number of aromatic carboxylic acids is 1. The van der Waals surface area contributed by atoms with Crippen LogP contribution in [0, 0.1) is 5.82 Å². The third-order valence-corrected chi connectivity index (χ3v) is 9.50. The number of carbonyl (C=O) groups excluding carboxylic acids is 1. The van der Waals surface area contributed by atoms with E-state index in [1.54, 1.807) is 4.90 Å². The van der Waals surface area contributed by atoms with Crippen molar-refractivity contribution in [1.29, 1.82) is 0 Å². The van der Waals surface area contributed by atoms with Crippen LogP contribution in [0.1, 0.15) is 69.3 Å². The number of amides is 1. The van der Waals surface area contributed by atoms with E-state index < -0.39 is 46.1 Å². The van der Waals surface area contributed by atoms with Crippen molar-refractivity contribution in [2.45, 2.75) is 81.8 Å². The molecule has 4 atom stereocenters. The number of methoxy groups -OCH3 is 1. The predicted octanol–water partition coefficient (Wildman–Crippen LogP) is 3.94. The van der Waals surface area contributed by atoms with E-state index in [0.717, 1.165) is 56.6 Å². The summed E-state index contributed by atoms with van der Waals surface area (Å²) in [7, 11) is 1.35. The standard InChI is InChI=1S/C21H21F2N3O4.C12H20N2O2/c1-30-19-16-11(18(27)12(20(28)29)8-26(16)15-6-13(15)22)5-14(23)17(19)25-7-10-3-2-4-21(10,24)9-25;1-11(2,3)16-10(15)14-12-6-4-5-9(12)7-13-8-12/h3,5,8,13,15H,2,4,6-7,9,24H2,1H3,(H,28,29);5,13H,4,6-8H2,1-3H3,(H,14,15)/t13-,15+,21?;/m0./s1. The molecule has 3 heterocycles. The molecule has 2 saturated heterocycles. The number of nitrogens with zero attached hydrogens (tertiary/aromatic N) is 2. The monoisotopic (exact) mass is 641 g/mol. The number of aromatic nitrogens is 1. The van der Waals surface area contributed by atoms with Crippen molar-refractivity contribution in [3.63, 3.8) is 0 Å². The van der Waals surface area contributed by atoms with E-state index in [2.05, 4.69) is 22.8 Å². The zero-order valence-electron chi connectivity index (χ0n) is 26.5. The highest BCUT2D eigenvalue weighted by Gasteiger charge is 2.45. The lowest BCUT2D eigenvalue weighted by atomic mass is 9.95. The summed E-state index contributed by atoms with van der Waals surface area (Å²) in [6, 6.07) is 0.402. The number of hydrogen-bond donors (Lipinski definition) is 4.